The maximum atomic E-state index is 6.43. The zero-order valence-electron chi connectivity index (χ0n) is 15.8. The molecule has 3 atom stereocenters. The van der Waals surface area contributed by atoms with E-state index in [0.29, 0.717) is 35.8 Å². The zero-order valence-corrected chi connectivity index (χ0v) is 15.8. The topological polar surface area (TPSA) is 35.2 Å². The first-order valence-corrected chi connectivity index (χ1v) is 9.18. The molecule has 1 saturated carbocycles. The van der Waals surface area contributed by atoms with Crippen LogP contribution in [0.5, 0.6) is 0 Å². The van der Waals surface area contributed by atoms with Crippen molar-refractivity contribution in [3.05, 3.63) is 12.7 Å². The van der Waals surface area contributed by atoms with Crippen LogP contribution in [0, 0.1) is 29.1 Å². The van der Waals surface area contributed by atoms with Crippen LogP contribution in [-0.4, -0.2) is 18.8 Å². The molecule has 0 aliphatic heterocycles. The molecule has 0 spiro atoms. The van der Waals surface area contributed by atoms with Crippen LogP contribution in [0.15, 0.2) is 12.7 Å². The summed E-state index contributed by atoms with van der Waals surface area (Å²) in [5.74, 6) is 2.35. The average Bonchev–Trinajstić information content (AvgIpc) is 2.46. The van der Waals surface area contributed by atoms with Gasteiger partial charge in [0.05, 0.1) is 12.2 Å². The van der Waals surface area contributed by atoms with Crippen molar-refractivity contribution in [2.75, 3.05) is 6.54 Å². The van der Waals surface area contributed by atoms with E-state index in [1.54, 1.807) is 0 Å². The van der Waals surface area contributed by atoms with Crippen molar-refractivity contribution in [3.63, 3.8) is 0 Å². The van der Waals surface area contributed by atoms with Crippen LogP contribution in [0.25, 0.3) is 0 Å². The van der Waals surface area contributed by atoms with Gasteiger partial charge in [-0.2, -0.15) is 0 Å². The highest BCUT2D eigenvalue weighted by Crippen LogP contribution is 2.39. The van der Waals surface area contributed by atoms with E-state index in [0.717, 1.165) is 5.92 Å². The lowest BCUT2D eigenvalue weighted by atomic mass is 9.72. The summed E-state index contributed by atoms with van der Waals surface area (Å²) in [6.07, 6.45) is 7.48. The third kappa shape index (κ3) is 5.38. The predicted octanol–water partition coefficient (Wildman–Crippen LogP) is 5.03. The van der Waals surface area contributed by atoms with E-state index in [-0.39, 0.29) is 6.10 Å². The average molecular weight is 310 g/mol. The summed E-state index contributed by atoms with van der Waals surface area (Å²) in [7, 11) is 0. The van der Waals surface area contributed by atoms with Crippen LogP contribution < -0.4 is 5.73 Å². The van der Waals surface area contributed by atoms with E-state index in [1.807, 2.05) is 0 Å². The molecule has 1 aliphatic rings. The minimum atomic E-state index is 0.117. The molecule has 1 aliphatic carbocycles. The third-order valence-corrected chi connectivity index (χ3v) is 5.86. The highest BCUT2D eigenvalue weighted by Gasteiger charge is 2.33. The van der Waals surface area contributed by atoms with Gasteiger partial charge in [0.2, 0.25) is 0 Å². The van der Waals surface area contributed by atoms with Crippen LogP contribution in [0.1, 0.15) is 67.2 Å². The summed E-state index contributed by atoms with van der Waals surface area (Å²) in [6.45, 7) is 18.5. The molecule has 0 aromatic heterocycles. The second-order valence-electron chi connectivity index (χ2n) is 8.67. The maximum Gasteiger partial charge on any atom is 0.0766 e. The van der Waals surface area contributed by atoms with Gasteiger partial charge in [-0.05, 0) is 48.9 Å². The molecule has 2 nitrogen and oxygen atoms in total. The van der Waals surface area contributed by atoms with E-state index in [9.17, 15) is 0 Å². The number of nitrogens with two attached hydrogens (primary N) is 1. The van der Waals surface area contributed by atoms with Gasteiger partial charge < -0.3 is 10.5 Å². The van der Waals surface area contributed by atoms with Gasteiger partial charge in [0, 0.05) is 12.5 Å². The van der Waals surface area contributed by atoms with Crippen LogP contribution in [0.3, 0.4) is 0 Å². The molecule has 1 fully saturated rings. The lowest BCUT2D eigenvalue weighted by molar-refractivity contribution is -0.0668. The molecule has 0 amide bonds. The summed E-state index contributed by atoms with van der Waals surface area (Å²) in [4.78, 5) is 0. The van der Waals surface area contributed by atoms with Crippen LogP contribution in [0.4, 0.5) is 0 Å². The third-order valence-electron chi connectivity index (χ3n) is 5.86. The molecule has 0 aromatic rings. The Hall–Kier alpha value is -0.340. The number of ether oxygens (including phenoxy) is 1. The minimum absolute atomic E-state index is 0.117. The highest BCUT2D eigenvalue weighted by molar-refractivity contribution is 4.91. The highest BCUT2D eigenvalue weighted by atomic mass is 16.5. The van der Waals surface area contributed by atoms with Crippen molar-refractivity contribution in [2.45, 2.75) is 79.4 Å². The van der Waals surface area contributed by atoms with Crippen molar-refractivity contribution >= 4 is 0 Å². The van der Waals surface area contributed by atoms with Gasteiger partial charge >= 0.3 is 0 Å². The molecular formula is C20H39NO. The quantitative estimate of drug-likeness (QED) is 0.669. The molecule has 1 rings (SSSR count). The smallest absolute Gasteiger partial charge is 0.0766 e. The SMILES string of the molecule is C=C[C@@H](C(CN)OC1CCC(C(C)(C)C)CC1)C(C)C(C)C. The van der Waals surface area contributed by atoms with Crippen LogP contribution in [-0.2, 0) is 4.74 Å². The molecule has 0 bridgehead atoms. The Balaban J connectivity index is 2.58. The molecule has 0 saturated heterocycles. The summed E-state index contributed by atoms with van der Waals surface area (Å²) < 4.78 is 6.43. The molecule has 0 radical (unpaired) electrons. The molecule has 2 unspecified atom stereocenters. The standard InChI is InChI=1S/C20H39NO/c1-8-18(15(4)14(2)3)19(13-21)22-17-11-9-16(10-12-17)20(5,6)7/h8,14-19H,1,9-13,21H2,2-7H3/t15?,16?,17?,18-,19?/m1/s1. The van der Waals surface area contributed by atoms with Gasteiger partial charge in [0.25, 0.3) is 0 Å². The Morgan fingerprint density at radius 1 is 1.14 bits per heavy atom. The van der Waals surface area contributed by atoms with Gasteiger partial charge in [0.15, 0.2) is 0 Å². The van der Waals surface area contributed by atoms with Crippen molar-refractivity contribution < 1.29 is 4.74 Å². The fourth-order valence-electron chi connectivity index (χ4n) is 3.76. The molecule has 0 aromatic carbocycles. The molecule has 0 heterocycles. The fraction of sp³-hybridized carbons (Fsp3) is 0.900. The monoisotopic (exact) mass is 309 g/mol. The first-order valence-electron chi connectivity index (χ1n) is 9.18. The Kier molecular flexibility index (Phi) is 7.61. The Bertz CT molecular complexity index is 323. The first-order chi connectivity index (χ1) is 10.2. The molecule has 2 heteroatoms. The van der Waals surface area contributed by atoms with E-state index >= 15 is 0 Å². The molecule has 2 N–H and O–H groups in total. The molecular weight excluding hydrogens is 270 g/mol. The largest absolute Gasteiger partial charge is 0.373 e. The van der Waals surface area contributed by atoms with E-state index < -0.39 is 0 Å². The fourth-order valence-corrected chi connectivity index (χ4v) is 3.76. The Labute approximate surface area is 138 Å². The van der Waals surface area contributed by atoms with Gasteiger partial charge in [-0.1, -0.05) is 47.6 Å². The predicted molar refractivity (Wildman–Crippen MR) is 96.8 cm³/mol. The molecule has 130 valence electrons. The number of hydrogen-bond donors (Lipinski definition) is 1. The number of hydrogen-bond acceptors (Lipinski definition) is 2. The first kappa shape index (κ1) is 19.7. The van der Waals surface area contributed by atoms with Crippen LogP contribution in [0.2, 0.25) is 0 Å². The van der Waals surface area contributed by atoms with Gasteiger partial charge in [-0.25, -0.2) is 0 Å². The van der Waals surface area contributed by atoms with Gasteiger partial charge in [0.1, 0.15) is 0 Å². The summed E-state index contributed by atoms with van der Waals surface area (Å²) in [6, 6.07) is 0. The Morgan fingerprint density at radius 3 is 2.05 bits per heavy atom. The van der Waals surface area contributed by atoms with Gasteiger partial charge in [-0.3, -0.25) is 0 Å². The van der Waals surface area contributed by atoms with E-state index in [4.69, 9.17) is 10.5 Å². The summed E-state index contributed by atoms with van der Waals surface area (Å²) in [5.41, 5.74) is 6.45. The summed E-state index contributed by atoms with van der Waals surface area (Å²) >= 11 is 0. The summed E-state index contributed by atoms with van der Waals surface area (Å²) in [5, 5.41) is 0. The van der Waals surface area contributed by atoms with E-state index in [2.05, 4.69) is 54.2 Å². The van der Waals surface area contributed by atoms with Crippen molar-refractivity contribution in [3.8, 4) is 0 Å². The maximum absolute atomic E-state index is 6.43. The lowest BCUT2D eigenvalue weighted by Gasteiger charge is -2.39. The normalized spacial score (nSPS) is 27.5. The second-order valence-corrected chi connectivity index (χ2v) is 8.67. The lowest BCUT2D eigenvalue weighted by Crippen LogP contribution is -2.40. The van der Waals surface area contributed by atoms with Gasteiger partial charge in [-0.15, -0.1) is 6.58 Å². The van der Waals surface area contributed by atoms with Crippen LogP contribution >= 0.6 is 0 Å². The Morgan fingerprint density at radius 2 is 1.68 bits per heavy atom. The zero-order chi connectivity index (χ0) is 16.9. The number of rotatable bonds is 7. The minimum Gasteiger partial charge on any atom is -0.373 e. The van der Waals surface area contributed by atoms with E-state index in [1.165, 1.54) is 25.7 Å². The molecule has 22 heavy (non-hydrogen) atoms. The second kappa shape index (κ2) is 8.49. The van der Waals surface area contributed by atoms with Crippen molar-refractivity contribution in [2.24, 2.45) is 34.8 Å². The van der Waals surface area contributed by atoms with Crippen molar-refractivity contribution in [1.82, 2.24) is 0 Å². The van der Waals surface area contributed by atoms with Crippen molar-refractivity contribution in [1.29, 1.82) is 0 Å².